The third-order valence-electron chi connectivity index (χ3n) is 4.19. The highest BCUT2D eigenvalue weighted by atomic mass is 35.5. The first-order valence-corrected chi connectivity index (χ1v) is 9.87. The van der Waals surface area contributed by atoms with Crippen LogP contribution in [0.3, 0.4) is 0 Å². The second-order valence-electron chi connectivity index (χ2n) is 6.19. The van der Waals surface area contributed by atoms with Crippen LogP contribution in [0.5, 0.6) is 0 Å². The summed E-state index contributed by atoms with van der Waals surface area (Å²) in [5.41, 5.74) is 0.397. The number of sulfonamides is 1. The Morgan fingerprint density at radius 1 is 1.33 bits per heavy atom. The number of amides is 2. The maximum Gasteiger partial charge on any atom is 0.243 e. The first-order valence-electron chi connectivity index (χ1n) is 8.43. The number of piperazine rings is 1. The molecule has 2 saturated heterocycles. The number of anilines is 1. The van der Waals surface area contributed by atoms with Crippen molar-refractivity contribution >= 4 is 39.9 Å². The van der Waals surface area contributed by atoms with Crippen molar-refractivity contribution in [3.8, 4) is 0 Å². The van der Waals surface area contributed by atoms with Crippen molar-refractivity contribution in [1.29, 1.82) is 0 Å². The van der Waals surface area contributed by atoms with Gasteiger partial charge in [-0.2, -0.15) is 4.31 Å². The fraction of sp³-hybridized carbons (Fsp3) is 0.500. The normalized spacial score (nSPS) is 21.0. The van der Waals surface area contributed by atoms with Crippen molar-refractivity contribution in [3.05, 3.63) is 24.3 Å². The molecule has 0 bridgehead atoms. The molecule has 0 aromatic heterocycles. The van der Waals surface area contributed by atoms with Gasteiger partial charge >= 0.3 is 0 Å². The van der Waals surface area contributed by atoms with E-state index >= 15 is 0 Å². The van der Waals surface area contributed by atoms with E-state index in [1.165, 1.54) is 12.1 Å². The van der Waals surface area contributed by atoms with Gasteiger partial charge in [0.1, 0.15) is 0 Å². The van der Waals surface area contributed by atoms with Crippen LogP contribution in [-0.4, -0.2) is 70.0 Å². The summed E-state index contributed by atoms with van der Waals surface area (Å²) in [5.74, 6) is -0.550. The van der Waals surface area contributed by atoms with Gasteiger partial charge in [0, 0.05) is 37.8 Å². The van der Waals surface area contributed by atoms with Crippen molar-refractivity contribution in [2.24, 2.45) is 0 Å². The van der Waals surface area contributed by atoms with E-state index in [2.05, 4.69) is 16.0 Å². The lowest BCUT2D eigenvalue weighted by Crippen LogP contribution is -2.49. The molecule has 2 heterocycles. The van der Waals surface area contributed by atoms with Crippen molar-refractivity contribution < 1.29 is 22.7 Å². The highest BCUT2D eigenvalue weighted by Crippen LogP contribution is 2.20. The molecule has 11 heteroatoms. The summed E-state index contributed by atoms with van der Waals surface area (Å²) in [6.07, 6.45) is 0.239. The zero-order valence-electron chi connectivity index (χ0n) is 14.6. The van der Waals surface area contributed by atoms with Gasteiger partial charge in [0.25, 0.3) is 0 Å². The van der Waals surface area contributed by atoms with E-state index in [4.69, 9.17) is 4.74 Å². The van der Waals surface area contributed by atoms with Gasteiger partial charge in [-0.25, -0.2) is 8.42 Å². The van der Waals surface area contributed by atoms with Crippen molar-refractivity contribution in [2.45, 2.75) is 17.4 Å². The topological polar surface area (TPSA) is 117 Å². The van der Waals surface area contributed by atoms with Crippen LogP contribution >= 0.6 is 12.4 Å². The second-order valence-corrected chi connectivity index (χ2v) is 8.13. The number of morpholine rings is 1. The first kappa shape index (κ1) is 21.6. The number of hydrogen-bond donors (Lipinski definition) is 3. The Hall–Kier alpha value is -1.72. The van der Waals surface area contributed by atoms with E-state index < -0.39 is 10.0 Å². The maximum absolute atomic E-state index is 12.7. The summed E-state index contributed by atoms with van der Waals surface area (Å²) in [7, 11) is -3.79. The Labute approximate surface area is 164 Å². The second kappa shape index (κ2) is 9.47. The highest BCUT2D eigenvalue weighted by molar-refractivity contribution is 7.89. The van der Waals surface area contributed by atoms with E-state index in [1.54, 1.807) is 12.1 Å². The maximum atomic E-state index is 12.7. The fourth-order valence-electron chi connectivity index (χ4n) is 2.89. The first-order chi connectivity index (χ1) is 12.4. The number of ether oxygens (including phenoxy) is 1. The Morgan fingerprint density at radius 3 is 2.85 bits per heavy atom. The molecule has 0 aliphatic carbocycles. The number of carbonyl (C=O) groups excluding carboxylic acids is 2. The lowest BCUT2D eigenvalue weighted by molar-refractivity contribution is -0.122. The van der Waals surface area contributed by atoms with E-state index in [-0.39, 0.29) is 61.2 Å². The van der Waals surface area contributed by atoms with Gasteiger partial charge in [0.05, 0.1) is 24.7 Å². The molecule has 1 aromatic carbocycles. The molecule has 2 aliphatic heterocycles. The van der Waals surface area contributed by atoms with Crippen molar-refractivity contribution in [1.82, 2.24) is 14.9 Å². The lowest BCUT2D eigenvalue weighted by Gasteiger charge is -2.26. The predicted octanol–water partition coefficient (Wildman–Crippen LogP) is -0.454. The molecule has 0 saturated carbocycles. The molecular formula is C16H23ClN4O5S. The molecule has 150 valence electrons. The number of carbonyl (C=O) groups is 2. The molecule has 1 aromatic rings. The van der Waals surface area contributed by atoms with E-state index in [0.717, 1.165) is 4.31 Å². The molecule has 2 amide bonds. The summed E-state index contributed by atoms with van der Waals surface area (Å²) in [4.78, 5) is 23.7. The molecule has 0 spiro atoms. The number of halogens is 1. The molecule has 3 rings (SSSR count). The summed E-state index contributed by atoms with van der Waals surface area (Å²) in [6, 6.07) is 6.00. The zero-order chi connectivity index (χ0) is 18.6. The quantitative estimate of drug-likeness (QED) is 0.596. The summed E-state index contributed by atoms with van der Waals surface area (Å²) in [6.45, 7) is 2.11. The van der Waals surface area contributed by atoms with Gasteiger partial charge in [-0.1, -0.05) is 6.07 Å². The van der Waals surface area contributed by atoms with Crippen LogP contribution < -0.4 is 16.0 Å². The van der Waals surface area contributed by atoms with Crippen LogP contribution in [0, 0.1) is 0 Å². The zero-order valence-corrected chi connectivity index (χ0v) is 16.3. The van der Waals surface area contributed by atoms with Gasteiger partial charge in [-0.05, 0) is 18.2 Å². The highest BCUT2D eigenvalue weighted by Gasteiger charge is 2.29. The van der Waals surface area contributed by atoms with Crippen LogP contribution in [0.15, 0.2) is 29.2 Å². The molecular weight excluding hydrogens is 396 g/mol. The molecule has 0 radical (unpaired) electrons. The minimum Gasteiger partial charge on any atom is -0.378 e. The lowest BCUT2D eigenvalue weighted by atomic mass is 10.2. The Bertz CT molecular complexity index is 783. The number of hydrogen-bond acceptors (Lipinski definition) is 6. The number of benzene rings is 1. The minimum absolute atomic E-state index is 0. The summed E-state index contributed by atoms with van der Waals surface area (Å²) in [5, 5.41) is 8.50. The Balaban J connectivity index is 0.00000261. The standard InChI is InChI=1S/C16H22N4O5S.ClH/c21-15(9-13-11-25-7-5-17-13)19-12-2-1-3-14(8-12)26(23,24)20-6-4-18-16(22)10-20;/h1-3,8,13,17H,4-7,9-11H2,(H,18,22)(H,19,21);1H. The monoisotopic (exact) mass is 418 g/mol. The van der Waals surface area contributed by atoms with Crippen molar-refractivity contribution in [3.63, 3.8) is 0 Å². The Morgan fingerprint density at radius 2 is 2.15 bits per heavy atom. The summed E-state index contributed by atoms with van der Waals surface area (Å²) < 4.78 is 31.8. The van der Waals surface area contributed by atoms with Crippen LogP contribution in [-0.2, 0) is 24.3 Å². The van der Waals surface area contributed by atoms with Gasteiger partial charge in [0.2, 0.25) is 21.8 Å². The van der Waals surface area contributed by atoms with E-state index in [0.29, 0.717) is 25.4 Å². The average Bonchev–Trinajstić information content (AvgIpc) is 2.62. The smallest absolute Gasteiger partial charge is 0.243 e. The van der Waals surface area contributed by atoms with Gasteiger partial charge < -0.3 is 20.7 Å². The number of rotatable bonds is 5. The SMILES string of the molecule is Cl.O=C1CN(S(=O)(=O)c2cccc(NC(=O)CC3COCCN3)c2)CCN1. The third-order valence-corrected chi connectivity index (χ3v) is 6.03. The average molecular weight is 419 g/mol. The van der Waals surface area contributed by atoms with Crippen LogP contribution in [0.1, 0.15) is 6.42 Å². The molecule has 27 heavy (non-hydrogen) atoms. The van der Waals surface area contributed by atoms with Gasteiger partial charge in [-0.3, -0.25) is 9.59 Å². The fourth-order valence-corrected chi connectivity index (χ4v) is 4.33. The summed E-state index contributed by atoms with van der Waals surface area (Å²) >= 11 is 0. The largest absolute Gasteiger partial charge is 0.378 e. The third kappa shape index (κ3) is 5.63. The van der Waals surface area contributed by atoms with Crippen LogP contribution in [0.4, 0.5) is 5.69 Å². The van der Waals surface area contributed by atoms with E-state index in [1.807, 2.05) is 0 Å². The molecule has 1 atom stereocenters. The predicted molar refractivity (Wildman–Crippen MR) is 101 cm³/mol. The van der Waals surface area contributed by atoms with E-state index in [9.17, 15) is 18.0 Å². The molecule has 1 unspecified atom stereocenters. The number of nitrogens with one attached hydrogen (secondary N) is 3. The molecule has 2 aliphatic rings. The number of nitrogens with zero attached hydrogens (tertiary/aromatic N) is 1. The van der Waals surface area contributed by atoms with Crippen LogP contribution in [0.25, 0.3) is 0 Å². The molecule has 2 fully saturated rings. The minimum atomic E-state index is -3.79. The molecule has 3 N–H and O–H groups in total. The van der Waals surface area contributed by atoms with Crippen LogP contribution in [0.2, 0.25) is 0 Å². The molecule has 9 nitrogen and oxygen atoms in total. The van der Waals surface area contributed by atoms with Gasteiger partial charge in [-0.15, -0.1) is 12.4 Å². The van der Waals surface area contributed by atoms with Crippen molar-refractivity contribution in [2.75, 3.05) is 44.7 Å². The van der Waals surface area contributed by atoms with Gasteiger partial charge in [0.15, 0.2) is 0 Å². The Kier molecular flexibility index (Phi) is 7.57.